The molecular weight excluding hydrogens is 320 g/mol. The van der Waals surface area contributed by atoms with Crippen LogP contribution in [0.15, 0.2) is 30.9 Å². The lowest BCUT2D eigenvalue weighted by atomic mass is 10.0. The lowest BCUT2D eigenvalue weighted by molar-refractivity contribution is 0.0599. The average molecular weight is 340 g/mol. The molecule has 0 saturated carbocycles. The Morgan fingerprint density at radius 2 is 2.32 bits per heavy atom. The molecule has 3 aromatic rings. The maximum absolute atomic E-state index is 13.1. The lowest BCUT2D eigenvalue weighted by Gasteiger charge is -2.34. The number of nitrogens with one attached hydrogen (secondary N) is 1. The number of hydrogen-bond acceptors (Lipinski definition) is 5. The number of piperidine rings is 1. The van der Waals surface area contributed by atoms with Crippen LogP contribution in [0.5, 0.6) is 0 Å². The normalized spacial score (nSPS) is 18.0. The van der Waals surface area contributed by atoms with Gasteiger partial charge >= 0.3 is 0 Å². The Balaban J connectivity index is 1.61. The largest absolute Gasteiger partial charge is 0.377 e. The zero-order valence-electron chi connectivity index (χ0n) is 14.1. The molecule has 1 N–H and O–H groups in total. The second kappa shape index (κ2) is 6.64. The van der Waals surface area contributed by atoms with Crippen molar-refractivity contribution >= 4 is 11.4 Å². The number of hydrogen-bond donors (Lipinski definition) is 1. The molecule has 4 rings (SSSR count). The van der Waals surface area contributed by atoms with Gasteiger partial charge in [-0.3, -0.25) is 9.89 Å². The first-order valence-corrected chi connectivity index (χ1v) is 8.39. The highest BCUT2D eigenvalue weighted by Crippen LogP contribution is 2.30. The fourth-order valence-electron chi connectivity index (χ4n) is 3.32. The van der Waals surface area contributed by atoms with Gasteiger partial charge in [-0.2, -0.15) is 5.10 Å². The van der Waals surface area contributed by atoms with Crippen LogP contribution in [0.4, 0.5) is 0 Å². The second-order valence-electron chi connectivity index (χ2n) is 6.23. The third-order valence-corrected chi connectivity index (χ3v) is 4.55. The van der Waals surface area contributed by atoms with Gasteiger partial charge < -0.3 is 14.0 Å². The molecule has 1 amide bonds. The standard InChI is InChI=1S/C17H20N6O2/c1-25-10-15-19-16(21-20-15)14-4-2-3-7-23(14)17(24)12-5-6-13-8-18-11-22(13)9-12/h5-6,8-9,11,14H,2-4,7,10H2,1H3,(H,19,20,21). The summed E-state index contributed by atoms with van der Waals surface area (Å²) in [5, 5.41) is 7.19. The Hall–Kier alpha value is -2.74. The van der Waals surface area contributed by atoms with E-state index in [9.17, 15) is 4.79 Å². The number of ether oxygens (including phenoxy) is 1. The van der Waals surface area contributed by atoms with Gasteiger partial charge in [-0.15, -0.1) is 0 Å². The summed E-state index contributed by atoms with van der Waals surface area (Å²) in [6.45, 7) is 1.09. The number of pyridine rings is 1. The van der Waals surface area contributed by atoms with Gasteiger partial charge in [0.05, 0.1) is 29.6 Å². The van der Waals surface area contributed by atoms with Crippen molar-refractivity contribution in [3.05, 3.63) is 48.1 Å². The molecule has 130 valence electrons. The molecule has 1 aliphatic rings. The molecule has 8 nitrogen and oxygen atoms in total. The van der Waals surface area contributed by atoms with E-state index >= 15 is 0 Å². The lowest BCUT2D eigenvalue weighted by Crippen LogP contribution is -2.39. The van der Waals surface area contributed by atoms with Crippen LogP contribution in [0.25, 0.3) is 5.52 Å². The summed E-state index contributed by atoms with van der Waals surface area (Å²) < 4.78 is 6.94. The molecule has 0 radical (unpaired) electrons. The number of methoxy groups -OCH3 is 1. The van der Waals surface area contributed by atoms with Crippen LogP contribution in [0.1, 0.15) is 47.3 Å². The molecule has 0 bridgehead atoms. The topological polar surface area (TPSA) is 88.4 Å². The van der Waals surface area contributed by atoms with Crippen LogP contribution in [-0.2, 0) is 11.3 Å². The van der Waals surface area contributed by atoms with Gasteiger partial charge in [0, 0.05) is 19.9 Å². The Morgan fingerprint density at radius 1 is 1.40 bits per heavy atom. The average Bonchev–Trinajstić information content (AvgIpc) is 3.30. The first-order chi connectivity index (χ1) is 12.3. The van der Waals surface area contributed by atoms with Crippen molar-refractivity contribution in [1.29, 1.82) is 0 Å². The van der Waals surface area contributed by atoms with E-state index in [1.54, 1.807) is 19.6 Å². The SMILES string of the molecule is COCc1nc(C2CCCCN2C(=O)c2ccc3cncn3c2)n[nH]1. The highest BCUT2D eigenvalue weighted by molar-refractivity contribution is 5.94. The van der Waals surface area contributed by atoms with Gasteiger partial charge in [-0.25, -0.2) is 9.97 Å². The van der Waals surface area contributed by atoms with Gasteiger partial charge in [-0.1, -0.05) is 0 Å². The fraction of sp³-hybridized carbons (Fsp3) is 0.412. The van der Waals surface area contributed by atoms with Gasteiger partial charge in [0.1, 0.15) is 6.61 Å². The van der Waals surface area contributed by atoms with Crippen LogP contribution in [0.2, 0.25) is 0 Å². The number of carbonyl (C=O) groups excluding carboxylic acids is 1. The Morgan fingerprint density at radius 3 is 3.20 bits per heavy atom. The zero-order chi connectivity index (χ0) is 17.2. The monoisotopic (exact) mass is 340 g/mol. The van der Waals surface area contributed by atoms with E-state index in [-0.39, 0.29) is 11.9 Å². The number of nitrogens with zero attached hydrogens (tertiary/aromatic N) is 5. The highest BCUT2D eigenvalue weighted by Gasteiger charge is 2.31. The molecule has 4 heterocycles. The molecule has 1 fully saturated rings. The van der Waals surface area contributed by atoms with Crippen LogP contribution in [0, 0.1) is 0 Å². The first kappa shape index (κ1) is 15.8. The van der Waals surface area contributed by atoms with E-state index in [1.807, 2.05) is 27.6 Å². The summed E-state index contributed by atoms with van der Waals surface area (Å²) in [5.41, 5.74) is 1.61. The number of amides is 1. The van der Waals surface area contributed by atoms with E-state index in [4.69, 9.17) is 4.74 Å². The summed E-state index contributed by atoms with van der Waals surface area (Å²) in [5.74, 6) is 1.33. The number of likely N-dealkylation sites (tertiary alicyclic amines) is 1. The predicted octanol–water partition coefficient (Wildman–Crippen LogP) is 1.97. The molecule has 25 heavy (non-hydrogen) atoms. The van der Waals surface area contributed by atoms with Crippen molar-refractivity contribution in [3.8, 4) is 0 Å². The van der Waals surface area contributed by atoms with Crippen molar-refractivity contribution in [2.24, 2.45) is 0 Å². The van der Waals surface area contributed by atoms with E-state index in [0.29, 0.717) is 30.4 Å². The molecule has 3 aromatic heterocycles. The molecule has 0 aliphatic carbocycles. The smallest absolute Gasteiger partial charge is 0.255 e. The first-order valence-electron chi connectivity index (χ1n) is 8.39. The van der Waals surface area contributed by atoms with E-state index in [0.717, 1.165) is 24.8 Å². The molecule has 0 spiro atoms. The van der Waals surface area contributed by atoms with Crippen molar-refractivity contribution in [2.45, 2.75) is 31.9 Å². The molecular formula is C17H20N6O2. The molecule has 1 atom stereocenters. The number of fused-ring (bicyclic) bond motifs is 1. The molecule has 1 unspecified atom stereocenters. The fourth-order valence-corrected chi connectivity index (χ4v) is 3.32. The second-order valence-corrected chi connectivity index (χ2v) is 6.23. The number of H-pyrrole nitrogens is 1. The van der Waals surface area contributed by atoms with Crippen molar-refractivity contribution in [3.63, 3.8) is 0 Å². The van der Waals surface area contributed by atoms with Crippen molar-refractivity contribution in [2.75, 3.05) is 13.7 Å². The van der Waals surface area contributed by atoms with E-state index in [1.165, 1.54) is 0 Å². The Kier molecular flexibility index (Phi) is 4.19. The summed E-state index contributed by atoms with van der Waals surface area (Å²) in [7, 11) is 1.62. The summed E-state index contributed by atoms with van der Waals surface area (Å²) >= 11 is 0. The van der Waals surface area contributed by atoms with Crippen LogP contribution in [-0.4, -0.2) is 49.0 Å². The van der Waals surface area contributed by atoms with E-state index in [2.05, 4.69) is 20.2 Å². The third-order valence-electron chi connectivity index (χ3n) is 4.55. The summed E-state index contributed by atoms with van der Waals surface area (Å²) in [6.07, 6.45) is 8.21. The van der Waals surface area contributed by atoms with Crippen LogP contribution < -0.4 is 0 Å². The molecule has 0 aromatic carbocycles. The maximum Gasteiger partial charge on any atom is 0.255 e. The Bertz CT molecular complexity index is 886. The van der Waals surface area contributed by atoms with Gasteiger partial charge in [0.2, 0.25) is 0 Å². The van der Waals surface area contributed by atoms with Crippen molar-refractivity contribution < 1.29 is 9.53 Å². The molecule has 1 aliphatic heterocycles. The number of rotatable bonds is 4. The number of aromatic amines is 1. The highest BCUT2D eigenvalue weighted by atomic mass is 16.5. The zero-order valence-corrected chi connectivity index (χ0v) is 14.1. The van der Waals surface area contributed by atoms with Gasteiger partial charge in [0.15, 0.2) is 11.6 Å². The maximum atomic E-state index is 13.1. The molecule has 1 saturated heterocycles. The quantitative estimate of drug-likeness (QED) is 0.784. The van der Waals surface area contributed by atoms with Crippen LogP contribution >= 0.6 is 0 Å². The minimum Gasteiger partial charge on any atom is -0.377 e. The van der Waals surface area contributed by atoms with Crippen LogP contribution in [0.3, 0.4) is 0 Å². The number of aromatic nitrogens is 5. The third kappa shape index (κ3) is 3.00. The molecule has 8 heteroatoms. The number of carbonyl (C=O) groups is 1. The van der Waals surface area contributed by atoms with E-state index < -0.39 is 0 Å². The van der Waals surface area contributed by atoms with Gasteiger partial charge in [-0.05, 0) is 31.4 Å². The minimum absolute atomic E-state index is 0.00149. The summed E-state index contributed by atoms with van der Waals surface area (Å²) in [4.78, 5) is 23.5. The minimum atomic E-state index is -0.110. The predicted molar refractivity (Wildman–Crippen MR) is 89.9 cm³/mol. The van der Waals surface area contributed by atoms with Gasteiger partial charge in [0.25, 0.3) is 5.91 Å². The van der Waals surface area contributed by atoms with Crippen molar-refractivity contribution in [1.82, 2.24) is 29.5 Å². The Labute approximate surface area is 144 Å². The number of imidazole rings is 1. The summed E-state index contributed by atoms with van der Waals surface area (Å²) in [6, 6.07) is 3.64.